The highest BCUT2D eigenvalue weighted by molar-refractivity contribution is 7.92. The number of benzene rings is 1. The smallest absolute Gasteiger partial charge is 0.181 e. The Morgan fingerprint density at radius 1 is 1.05 bits per heavy atom. The minimum Gasteiger partial charge on any atom is -0.505 e. The Morgan fingerprint density at radius 2 is 1.73 bits per heavy atom. The van der Waals surface area contributed by atoms with Crippen LogP contribution in [-0.4, -0.2) is 23.8 Å². The number of rotatable bonds is 2. The predicted molar refractivity (Wildman–Crippen MR) is 86.9 cm³/mol. The van der Waals surface area contributed by atoms with Gasteiger partial charge in [0.2, 0.25) is 0 Å². The van der Waals surface area contributed by atoms with E-state index in [4.69, 9.17) is 0 Å². The first-order valence-corrected chi connectivity index (χ1v) is 9.29. The lowest BCUT2D eigenvalue weighted by Gasteiger charge is -2.22. The van der Waals surface area contributed by atoms with E-state index in [0.717, 1.165) is 37.8 Å². The molecule has 1 aromatic heterocycles. The molecule has 0 aliphatic heterocycles. The molecule has 1 aliphatic rings. The summed E-state index contributed by atoms with van der Waals surface area (Å²) in [6, 6.07) is 4.98. The Bertz CT molecular complexity index is 821. The molecule has 0 saturated heterocycles. The summed E-state index contributed by atoms with van der Waals surface area (Å²) in [5.74, 6) is 0.127. The molecule has 1 aliphatic carbocycles. The van der Waals surface area contributed by atoms with Crippen molar-refractivity contribution in [1.82, 2.24) is 4.98 Å². The summed E-state index contributed by atoms with van der Waals surface area (Å²) in [4.78, 5) is 4.64. The summed E-state index contributed by atoms with van der Waals surface area (Å²) >= 11 is 0. The highest BCUT2D eigenvalue weighted by Gasteiger charge is 2.29. The number of hydrogen-bond donors (Lipinski definition) is 1. The first-order chi connectivity index (χ1) is 10.4. The van der Waals surface area contributed by atoms with Crippen LogP contribution in [-0.2, 0) is 9.84 Å². The lowest BCUT2D eigenvalue weighted by Crippen LogP contribution is -2.24. The second-order valence-electron chi connectivity index (χ2n) is 6.14. The molecular formula is C17H21NO3S. The van der Waals surface area contributed by atoms with Gasteiger partial charge < -0.3 is 5.11 Å². The summed E-state index contributed by atoms with van der Waals surface area (Å²) in [5, 5.41) is 11.2. The van der Waals surface area contributed by atoms with E-state index in [1.807, 2.05) is 6.92 Å². The van der Waals surface area contributed by atoms with Gasteiger partial charge in [-0.15, -0.1) is 0 Å². The van der Waals surface area contributed by atoms with Crippen molar-refractivity contribution < 1.29 is 13.5 Å². The van der Waals surface area contributed by atoms with Gasteiger partial charge in [-0.1, -0.05) is 19.3 Å². The maximum absolute atomic E-state index is 12.8. The van der Waals surface area contributed by atoms with Crippen LogP contribution in [0, 0.1) is 13.8 Å². The van der Waals surface area contributed by atoms with Gasteiger partial charge in [-0.25, -0.2) is 8.42 Å². The van der Waals surface area contributed by atoms with Gasteiger partial charge in [0.1, 0.15) is 5.75 Å². The van der Waals surface area contributed by atoms with E-state index in [1.54, 1.807) is 25.1 Å². The molecule has 2 aromatic rings. The number of sulfone groups is 1. The highest BCUT2D eigenvalue weighted by atomic mass is 32.2. The van der Waals surface area contributed by atoms with Crippen molar-refractivity contribution in [2.45, 2.75) is 56.1 Å². The van der Waals surface area contributed by atoms with E-state index in [0.29, 0.717) is 21.4 Å². The van der Waals surface area contributed by atoms with Crippen LogP contribution in [0.3, 0.4) is 0 Å². The largest absolute Gasteiger partial charge is 0.505 e. The zero-order valence-corrected chi connectivity index (χ0v) is 13.8. The van der Waals surface area contributed by atoms with Gasteiger partial charge in [-0.05, 0) is 44.9 Å². The third-order valence-corrected chi connectivity index (χ3v) is 6.89. The molecule has 22 heavy (non-hydrogen) atoms. The normalized spacial score (nSPS) is 17.0. The maximum atomic E-state index is 12.8. The molecule has 1 saturated carbocycles. The molecule has 0 spiro atoms. The first-order valence-electron chi connectivity index (χ1n) is 7.75. The molecule has 5 heteroatoms. The lowest BCUT2D eigenvalue weighted by atomic mass is 10.0. The van der Waals surface area contributed by atoms with Crippen LogP contribution in [0.1, 0.15) is 43.5 Å². The Hall–Kier alpha value is -1.62. The minimum absolute atomic E-state index is 0.127. The molecule has 1 fully saturated rings. The number of aromatic nitrogens is 1. The van der Waals surface area contributed by atoms with Crippen molar-refractivity contribution in [2.24, 2.45) is 0 Å². The van der Waals surface area contributed by atoms with Gasteiger partial charge in [0, 0.05) is 16.5 Å². The topological polar surface area (TPSA) is 67.3 Å². The van der Waals surface area contributed by atoms with Gasteiger partial charge >= 0.3 is 0 Å². The number of pyridine rings is 1. The van der Waals surface area contributed by atoms with Crippen LogP contribution in [0.5, 0.6) is 5.75 Å². The van der Waals surface area contributed by atoms with Crippen molar-refractivity contribution in [3.8, 4) is 5.75 Å². The van der Waals surface area contributed by atoms with Crippen LogP contribution in [0.4, 0.5) is 0 Å². The summed E-state index contributed by atoms with van der Waals surface area (Å²) in [6.45, 7) is 3.58. The zero-order chi connectivity index (χ0) is 15.9. The van der Waals surface area contributed by atoms with Gasteiger partial charge in [0.15, 0.2) is 9.84 Å². The number of hydrogen-bond acceptors (Lipinski definition) is 4. The van der Waals surface area contributed by atoms with E-state index in [1.165, 1.54) is 0 Å². The van der Waals surface area contributed by atoms with E-state index >= 15 is 0 Å². The van der Waals surface area contributed by atoms with Crippen LogP contribution >= 0.6 is 0 Å². The second kappa shape index (κ2) is 5.54. The van der Waals surface area contributed by atoms with Crippen molar-refractivity contribution in [3.05, 3.63) is 29.6 Å². The molecule has 0 radical (unpaired) electrons. The average molecular weight is 319 g/mol. The van der Waals surface area contributed by atoms with Crippen molar-refractivity contribution in [1.29, 1.82) is 0 Å². The van der Waals surface area contributed by atoms with E-state index in [-0.39, 0.29) is 11.0 Å². The Morgan fingerprint density at radius 3 is 2.41 bits per heavy atom. The first kappa shape index (κ1) is 15.3. The molecule has 4 nitrogen and oxygen atoms in total. The SMILES string of the molecule is Cc1nc(C)c2cc(S(=O)(=O)C3CCCCC3)ccc2c1O. The summed E-state index contributed by atoms with van der Waals surface area (Å²) in [6.07, 6.45) is 4.59. The van der Waals surface area contributed by atoms with E-state index in [9.17, 15) is 13.5 Å². The number of aryl methyl sites for hydroxylation is 2. The van der Waals surface area contributed by atoms with Gasteiger partial charge in [0.25, 0.3) is 0 Å². The standard InChI is InChI=1S/C17H21NO3S/c1-11-16-10-14(8-9-15(16)17(19)12(2)18-11)22(20,21)13-6-4-3-5-7-13/h8-10,13,19H,3-7H2,1-2H3. The molecule has 1 aromatic carbocycles. The van der Waals surface area contributed by atoms with Crippen molar-refractivity contribution in [2.75, 3.05) is 0 Å². The fourth-order valence-corrected chi connectivity index (χ4v) is 5.21. The molecule has 0 bridgehead atoms. The summed E-state index contributed by atoms with van der Waals surface area (Å²) in [7, 11) is -3.30. The monoisotopic (exact) mass is 319 g/mol. The van der Waals surface area contributed by atoms with Gasteiger partial charge in [-0.3, -0.25) is 4.98 Å². The van der Waals surface area contributed by atoms with Crippen molar-refractivity contribution >= 4 is 20.6 Å². The minimum atomic E-state index is -3.30. The third-order valence-electron chi connectivity index (χ3n) is 4.63. The van der Waals surface area contributed by atoms with Gasteiger partial charge in [0.05, 0.1) is 15.8 Å². The van der Waals surface area contributed by atoms with Crippen LogP contribution in [0.2, 0.25) is 0 Å². The molecule has 0 atom stereocenters. The molecule has 0 unspecified atom stereocenters. The lowest BCUT2D eigenvalue weighted by molar-refractivity contribution is 0.474. The Kier molecular flexibility index (Phi) is 3.85. The van der Waals surface area contributed by atoms with Crippen molar-refractivity contribution in [3.63, 3.8) is 0 Å². The fourth-order valence-electron chi connectivity index (χ4n) is 3.33. The molecule has 118 valence electrons. The van der Waals surface area contributed by atoms with E-state index < -0.39 is 9.84 Å². The third kappa shape index (κ3) is 2.47. The number of aromatic hydroxyl groups is 1. The number of fused-ring (bicyclic) bond motifs is 1. The van der Waals surface area contributed by atoms with E-state index in [2.05, 4.69) is 4.98 Å². The molecule has 0 amide bonds. The predicted octanol–water partition coefficient (Wildman–Crippen LogP) is 3.66. The molecule has 3 rings (SSSR count). The van der Waals surface area contributed by atoms with Gasteiger partial charge in [-0.2, -0.15) is 0 Å². The maximum Gasteiger partial charge on any atom is 0.181 e. The van der Waals surface area contributed by atoms with Crippen LogP contribution in [0.25, 0.3) is 10.8 Å². The molecular weight excluding hydrogens is 298 g/mol. The Balaban J connectivity index is 2.12. The van der Waals surface area contributed by atoms with Crippen LogP contribution < -0.4 is 0 Å². The average Bonchev–Trinajstić information content (AvgIpc) is 2.53. The Labute approximate surface area is 131 Å². The summed E-state index contributed by atoms with van der Waals surface area (Å²) in [5.41, 5.74) is 1.30. The fraction of sp³-hybridized carbons (Fsp3) is 0.471. The molecule has 1 N–H and O–H groups in total. The highest BCUT2D eigenvalue weighted by Crippen LogP contribution is 2.33. The molecule has 1 heterocycles. The van der Waals surface area contributed by atoms with Crippen LogP contribution in [0.15, 0.2) is 23.1 Å². The quantitative estimate of drug-likeness (QED) is 0.917. The second-order valence-corrected chi connectivity index (χ2v) is 8.37. The summed E-state index contributed by atoms with van der Waals surface area (Å²) < 4.78 is 25.6. The number of nitrogens with zero attached hydrogens (tertiary/aromatic N) is 1. The zero-order valence-electron chi connectivity index (χ0n) is 13.0.